The number of aliphatic imine (C=N–C) groups is 1. The van der Waals surface area contributed by atoms with Crippen molar-refractivity contribution >= 4 is 17.6 Å². The van der Waals surface area contributed by atoms with Gasteiger partial charge in [-0.1, -0.05) is 45.0 Å². The molecule has 2 aromatic rings. The summed E-state index contributed by atoms with van der Waals surface area (Å²) in [5.74, 6) is 0.228. The smallest absolute Gasteiger partial charge is 0.337 e. The molecule has 1 amide bonds. The molecule has 0 bridgehead atoms. The van der Waals surface area contributed by atoms with Crippen molar-refractivity contribution in [1.82, 2.24) is 4.90 Å². The van der Waals surface area contributed by atoms with E-state index in [2.05, 4.69) is 20.8 Å². The zero-order valence-electron chi connectivity index (χ0n) is 21.6. The third kappa shape index (κ3) is 4.58. The summed E-state index contributed by atoms with van der Waals surface area (Å²) in [7, 11) is 1.36. The molecule has 1 fully saturated rings. The standard InChI is InChI=1S/C29H36N2O4/c1-18-7-8-22(17-24(18)32)25-26(33)31(19(2)20-9-11-21(12-10-20)27(34)35-6)29(30-25)15-13-23(14-16-29)28(3,4)5/h7-12,17,19,23,32H,13-16H2,1-6H3. The summed E-state index contributed by atoms with van der Waals surface area (Å²) in [5, 5.41) is 10.3. The number of nitrogens with zero attached hydrogens (tertiary/aromatic N) is 2. The Labute approximate surface area is 208 Å². The number of methoxy groups -OCH3 is 1. The maximum atomic E-state index is 13.9. The number of hydrogen-bond acceptors (Lipinski definition) is 5. The highest BCUT2D eigenvalue weighted by Gasteiger charge is 2.52. The van der Waals surface area contributed by atoms with Crippen molar-refractivity contribution in [2.75, 3.05) is 7.11 Å². The highest BCUT2D eigenvalue weighted by molar-refractivity contribution is 6.46. The van der Waals surface area contributed by atoms with Gasteiger partial charge in [-0.2, -0.15) is 0 Å². The summed E-state index contributed by atoms with van der Waals surface area (Å²) in [6.45, 7) is 10.7. The van der Waals surface area contributed by atoms with E-state index in [9.17, 15) is 14.7 Å². The van der Waals surface area contributed by atoms with Gasteiger partial charge in [0.25, 0.3) is 5.91 Å². The highest BCUT2D eigenvalue weighted by atomic mass is 16.5. The number of esters is 1. The van der Waals surface area contributed by atoms with Gasteiger partial charge >= 0.3 is 5.97 Å². The largest absolute Gasteiger partial charge is 0.508 e. The van der Waals surface area contributed by atoms with Crippen LogP contribution in [0.1, 0.15) is 86.5 Å². The molecule has 1 unspecified atom stereocenters. The maximum Gasteiger partial charge on any atom is 0.337 e. The number of aromatic hydroxyl groups is 1. The second-order valence-corrected chi connectivity index (χ2v) is 11.0. The van der Waals surface area contributed by atoms with E-state index in [1.807, 2.05) is 43.0 Å². The molecule has 186 valence electrons. The van der Waals surface area contributed by atoms with Crippen molar-refractivity contribution in [1.29, 1.82) is 0 Å². The molecule has 1 aliphatic carbocycles. The van der Waals surface area contributed by atoms with Crippen LogP contribution in [0.15, 0.2) is 47.5 Å². The van der Waals surface area contributed by atoms with Crippen molar-refractivity contribution in [3.05, 3.63) is 64.7 Å². The van der Waals surface area contributed by atoms with E-state index in [0.717, 1.165) is 36.8 Å². The van der Waals surface area contributed by atoms with Crippen LogP contribution in [0.2, 0.25) is 0 Å². The highest BCUT2D eigenvalue weighted by Crippen LogP contribution is 2.49. The molecule has 0 saturated heterocycles. The van der Waals surface area contributed by atoms with E-state index in [1.165, 1.54) is 7.11 Å². The summed E-state index contributed by atoms with van der Waals surface area (Å²) in [6.07, 6.45) is 3.59. The van der Waals surface area contributed by atoms with E-state index in [-0.39, 0.29) is 29.1 Å². The molecule has 1 aliphatic heterocycles. The van der Waals surface area contributed by atoms with Crippen LogP contribution >= 0.6 is 0 Å². The molecule has 0 radical (unpaired) electrons. The fraction of sp³-hybridized carbons (Fsp3) is 0.483. The minimum absolute atomic E-state index is 0.119. The predicted molar refractivity (Wildman–Crippen MR) is 137 cm³/mol. The number of carbonyl (C=O) groups excluding carboxylic acids is 2. The van der Waals surface area contributed by atoms with Crippen LogP contribution in [0.3, 0.4) is 0 Å². The number of phenols is 1. The molecule has 0 aromatic heterocycles. The van der Waals surface area contributed by atoms with Gasteiger partial charge in [-0.3, -0.25) is 9.79 Å². The van der Waals surface area contributed by atoms with Gasteiger partial charge in [0.05, 0.1) is 18.7 Å². The lowest BCUT2D eigenvalue weighted by Crippen LogP contribution is -2.50. The van der Waals surface area contributed by atoms with Crippen molar-refractivity contribution in [2.45, 2.75) is 72.0 Å². The summed E-state index contributed by atoms with van der Waals surface area (Å²) in [4.78, 5) is 32.9. The molecular formula is C29H36N2O4. The van der Waals surface area contributed by atoms with Crippen LogP contribution in [0.25, 0.3) is 0 Å². The molecular weight excluding hydrogens is 440 g/mol. The summed E-state index contributed by atoms with van der Waals surface area (Å²) in [6, 6.07) is 12.3. The topological polar surface area (TPSA) is 79.2 Å². The lowest BCUT2D eigenvalue weighted by Gasteiger charge is -2.46. The Morgan fingerprint density at radius 2 is 1.77 bits per heavy atom. The van der Waals surface area contributed by atoms with Crippen molar-refractivity contribution < 1.29 is 19.4 Å². The predicted octanol–water partition coefficient (Wildman–Crippen LogP) is 5.81. The number of amides is 1. The maximum absolute atomic E-state index is 13.9. The molecule has 35 heavy (non-hydrogen) atoms. The number of aryl methyl sites for hydroxylation is 1. The van der Waals surface area contributed by atoms with Gasteiger partial charge in [0.15, 0.2) is 0 Å². The summed E-state index contributed by atoms with van der Waals surface area (Å²) >= 11 is 0. The van der Waals surface area contributed by atoms with E-state index >= 15 is 0 Å². The SMILES string of the molecule is COC(=O)c1ccc(C(C)N2C(=O)C(c3ccc(C)c(O)c3)=NC23CCC(C(C)(C)C)CC3)cc1. The summed E-state index contributed by atoms with van der Waals surface area (Å²) in [5.41, 5.74) is 2.82. The monoisotopic (exact) mass is 476 g/mol. The van der Waals surface area contributed by atoms with Gasteiger partial charge in [0.2, 0.25) is 0 Å². The Kier molecular flexibility index (Phi) is 6.52. The quantitative estimate of drug-likeness (QED) is 0.565. The Balaban J connectivity index is 1.72. The van der Waals surface area contributed by atoms with Crippen LogP contribution in [-0.4, -0.2) is 40.4 Å². The van der Waals surface area contributed by atoms with E-state index in [4.69, 9.17) is 9.73 Å². The van der Waals surface area contributed by atoms with Gasteiger partial charge in [-0.15, -0.1) is 0 Å². The molecule has 2 aliphatic rings. The van der Waals surface area contributed by atoms with Crippen molar-refractivity contribution in [3.8, 4) is 5.75 Å². The van der Waals surface area contributed by atoms with Crippen molar-refractivity contribution in [2.24, 2.45) is 16.3 Å². The lowest BCUT2D eigenvalue weighted by molar-refractivity contribution is -0.132. The third-order valence-corrected chi connectivity index (χ3v) is 7.88. The first-order chi connectivity index (χ1) is 16.5. The first-order valence-corrected chi connectivity index (χ1v) is 12.4. The van der Waals surface area contributed by atoms with Gasteiger partial charge in [0.1, 0.15) is 17.1 Å². The fourth-order valence-electron chi connectivity index (χ4n) is 5.56. The average Bonchev–Trinajstić information content (AvgIpc) is 3.11. The molecule has 1 atom stereocenters. The van der Waals surface area contributed by atoms with Gasteiger partial charge in [-0.05, 0) is 80.2 Å². The minimum Gasteiger partial charge on any atom is -0.508 e. The molecule has 1 N–H and O–H groups in total. The average molecular weight is 477 g/mol. The van der Waals surface area contributed by atoms with Crippen LogP contribution in [0.4, 0.5) is 0 Å². The lowest BCUT2D eigenvalue weighted by atomic mass is 9.69. The fourth-order valence-corrected chi connectivity index (χ4v) is 5.56. The Morgan fingerprint density at radius 1 is 1.14 bits per heavy atom. The Hall–Kier alpha value is -3.15. The van der Waals surface area contributed by atoms with Crippen LogP contribution in [-0.2, 0) is 9.53 Å². The van der Waals surface area contributed by atoms with Gasteiger partial charge in [-0.25, -0.2) is 4.79 Å². The molecule has 6 heteroatoms. The van der Waals surface area contributed by atoms with Gasteiger partial charge < -0.3 is 14.7 Å². The summed E-state index contributed by atoms with van der Waals surface area (Å²) < 4.78 is 4.82. The third-order valence-electron chi connectivity index (χ3n) is 7.88. The first kappa shape index (κ1) is 25.0. The number of ether oxygens (including phenoxy) is 1. The Bertz CT molecular complexity index is 1150. The van der Waals surface area contributed by atoms with E-state index in [0.29, 0.717) is 22.8 Å². The van der Waals surface area contributed by atoms with Crippen molar-refractivity contribution in [3.63, 3.8) is 0 Å². The van der Waals surface area contributed by atoms with E-state index in [1.54, 1.807) is 18.2 Å². The normalized spacial score (nSPS) is 23.4. The molecule has 4 rings (SSSR count). The molecule has 6 nitrogen and oxygen atoms in total. The zero-order chi connectivity index (χ0) is 25.5. The van der Waals surface area contributed by atoms with Crippen LogP contribution in [0.5, 0.6) is 5.75 Å². The van der Waals surface area contributed by atoms with Crippen LogP contribution in [0, 0.1) is 18.3 Å². The van der Waals surface area contributed by atoms with E-state index < -0.39 is 5.66 Å². The number of rotatable bonds is 4. The first-order valence-electron chi connectivity index (χ1n) is 12.4. The van der Waals surface area contributed by atoms with Gasteiger partial charge in [0, 0.05) is 5.56 Å². The molecule has 1 saturated carbocycles. The minimum atomic E-state index is -0.616. The molecule has 1 spiro atoms. The van der Waals surface area contributed by atoms with Crippen LogP contribution < -0.4 is 0 Å². The number of phenolic OH excluding ortho intramolecular Hbond substituents is 1. The number of carbonyl (C=O) groups is 2. The number of benzene rings is 2. The second kappa shape index (κ2) is 9.14. The Morgan fingerprint density at radius 3 is 2.31 bits per heavy atom. The zero-order valence-corrected chi connectivity index (χ0v) is 21.6. The number of hydrogen-bond donors (Lipinski definition) is 1. The molecule has 2 aromatic carbocycles. The second-order valence-electron chi connectivity index (χ2n) is 11.0. The molecule has 1 heterocycles.